The van der Waals surface area contributed by atoms with Crippen LogP contribution in [-0.4, -0.2) is 6.61 Å². The molecule has 1 aromatic carbocycles. The van der Waals surface area contributed by atoms with Crippen LogP contribution >= 0.6 is 27.5 Å². The van der Waals surface area contributed by atoms with E-state index in [9.17, 15) is 0 Å². The Bertz CT molecular complexity index is 413. The van der Waals surface area contributed by atoms with Gasteiger partial charge < -0.3 is 4.74 Å². The summed E-state index contributed by atoms with van der Waals surface area (Å²) in [5, 5.41) is 0.125. The lowest BCUT2D eigenvalue weighted by Crippen LogP contribution is -2.16. The van der Waals surface area contributed by atoms with Gasteiger partial charge in [0.15, 0.2) is 0 Å². The van der Waals surface area contributed by atoms with Crippen LogP contribution < -0.4 is 4.74 Å². The second-order valence-corrected chi connectivity index (χ2v) is 6.87. The Labute approximate surface area is 129 Å². The van der Waals surface area contributed by atoms with Crippen LogP contribution in [0.25, 0.3) is 0 Å². The van der Waals surface area contributed by atoms with Crippen molar-refractivity contribution in [2.75, 3.05) is 6.61 Å². The number of alkyl halides is 1. The first kappa shape index (κ1) is 15.2. The van der Waals surface area contributed by atoms with Crippen LogP contribution in [0.2, 0.25) is 0 Å². The predicted molar refractivity (Wildman–Crippen MR) is 85.0 cm³/mol. The quantitative estimate of drug-likeness (QED) is 0.612. The number of benzene rings is 1. The molecule has 2 rings (SSSR count). The zero-order valence-electron chi connectivity index (χ0n) is 11.7. The molecule has 3 heteroatoms. The molecule has 1 aliphatic carbocycles. The summed E-state index contributed by atoms with van der Waals surface area (Å²) in [5.41, 5.74) is 1.21. The number of ether oxygens (including phenoxy) is 1. The minimum Gasteiger partial charge on any atom is -0.493 e. The van der Waals surface area contributed by atoms with Crippen molar-refractivity contribution < 1.29 is 4.74 Å². The average molecular weight is 346 g/mol. The van der Waals surface area contributed by atoms with E-state index in [2.05, 4.69) is 35.0 Å². The van der Waals surface area contributed by atoms with Crippen molar-refractivity contribution in [1.29, 1.82) is 0 Å². The summed E-state index contributed by atoms with van der Waals surface area (Å²) in [6.45, 7) is 5.02. The lowest BCUT2D eigenvalue weighted by atomic mass is 9.80. The first-order valence-corrected chi connectivity index (χ1v) is 8.41. The van der Waals surface area contributed by atoms with Crippen molar-refractivity contribution in [3.63, 3.8) is 0 Å². The first-order chi connectivity index (χ1) is 9.11. The molecule has 1 unspecified atom stereocenters. The largest absolute Gasteiger partial charge is 0.493 e. The minimum absolute atomic E-state index is 0.125. The fraction of sp³-hybridized carbons (Fsp3) is 0.625. The van der Waals surface area contributed by atoms with Crippen molar-refractivity contribution >= 4 is 27.5 Å². The smallest absolute Gasteiger partial charge is 0.133 e. The molecule has 0 bridgehead atoms. The number of rotatable bonds is 4. The monoisotopic (exact) mass is 344 g/mol. The summed E-state index contributed by atoms with van der Waals surface area (Å²) in [6, 6.07) is 6.23. The maximum absolute atomic E-state index is 6.67. The van der Waals surface area contributed by atoms with E-state index in [0.717, 1.165) is 16.1 Å². The van der Waals surface area contributed by atoms with Crippen molar-refractivity contribution in [3.8, 4) is 5.75 Å². The second-order valence-electron chi connectivity index (χ2n) is 5.54. The van der Waals surface area contributed by atoms with Gasteiger partial charge in [-0.15, -0.1) is 11.6 Å². The van der Waals surface area contributed by atoms with Gasteiger partial charge in [0.05, 0.1) is 16.5 Å². The molecule has 1 aliphatic rings. The average Bonchev–Trinajstić information content (AvgIpc) is 2.41. The Morgan fingerprint density at radius 3 is 2.58 bits per heavy atom. The zero-order chi connectivity index (χ0) is 13.8. The molecule has 0 aliphatic heterocycles. The van der Waals surface area contributed by atoms with E-state index < -0.39 is 0 Å². The van der Waals surface area contributed by atoms with E-state index in [1.54, 1.807) is 0 Å². The molecule has 1 atom stereocenters. The number of hydrogen-bond acceptors (Lipinski definition) is 1. The molecular formula is C16H22BrClO. The molecule has 1 nitrogen and oxygen atoms in total. The zero-order valence-corrected chi connectivity index (χ0v) is 14.0. The van der Waals surface area contributed by atoms with Crippen LogP contribution in [0.5, 0.6) is 5.75 Å². The van der Waals surface area contributed by atoms with Gasteiger partial charge in [0, 0.05) is 0 Å². The highest BCUT2D eigenvalue weighted by Crippen LogP contribution is 2.41. The van der Waals surface area contributed by atoms with Gasteiger partial charge in [-0.3, -0.25) is 0 Å². The van der Waals surface area contributed by atoms with E-state index in [4.69, 9.17) is 16.3 Å². The Hall–Kier alpha value is -0.210. The third-order valence-corrected chi connectivity index (χ3v) is 5.28. The van der Waals surface area contributed by atoms with Crippen LogP contribution in [0.1, 0.15) is 50.5 Å². The topological polar surface area (TPSA) is 9.23 Å². The van der Waals surface area contributed by atoms with E-state index in [-0.39, 0.29) is 5.38 Å². The summed E-state index contributed by atoms with van der Waals surface area (Å²) < 4.78 is 6.54. The molecular weight excluding hydrogens is 324 g/mol. The van der Waals surface area contributed by atoms with Crippen LogP contribution in [0, 0.1) is 11.8 Å². The summed E-state index contributed by atoms with van der Waals surface area (Å²) >= 11 is 10.2. The number of hydrogen-bond donors (Lipinski definition) is 0. The highest BCUT2D eigenvalue weighted by molar-refractivity contribution is 9.10. The van der Waals surface area contributed by atoms with Crippen LogP contribution in [0.3, 0.4) is 0 Å². The highest BCUT2D eigenvalue weighted by Gasteiger charge is 2.26. The minimum atomic E-state index is 0.125. The maximum atomic E-state index is 6.67. The van der Waals surface area contributed by atoms with Gasteiger partial charge in [0.1, 0.15) is 5.75 Å². The molecule has 0 spiro atoms. The van der Waals surface area contributed by atoms with Gasteiger partial charge in [0.2, 0.25) is 0 Å². The van der Waals surface area contributed by atoms with E-state index in [1.807, 2.05) is 13.0 Å². The van der Waals surface area contributed by atoms with Crippen molar-refractivity contribution in [2.24, 2.45) is 11.8 Å². The Kier molecular flexibility index (Phi) is 5.58. The molecule has 19 heavy (non-hydrogen) atoms. The maximum Gasteiger partial charge on any atom is 0.133 e. The van der Waals surface area contributed by atoms with Gasteiger partial charge in [-0.1, -0.05) is 25.8 Å². The van der Waals surface area contributed by atoms with Crippen molar-refractivity contribution in [3.05, 3.63) is 28.2 Å². The Balaban J connectivity index is 2.06. The predicted octanol–water partition coefficient (Wildman–Crippen LogP) is 5.95. The first-order valence-electron chi connectivity index (χ1n) is 7.18. The third kappa shape index (κ3) is 3.88. The Morgan fingerprint density at radius 2 is 2.00 bits per heavy atom. The fourth-order valence-corrected chi connectivity index (χ4v) is 3.71. The van der Waals surface area contributed by atoms with Gasteiger partial charge in [-0.2, -0.15) is 0 Å². The van der Waals surface area contributed by atoms with E-state index in [1.165, 1.54) is 31.2 Å². The van der Waals surface area contributed by atoms with Gasteiger partial charge >= 0.3 is 0 Å². The standard InChI is InChI=1S/C16H22BrClO/c1-3-19-15-9-8-13(10-14(15)17)16(18)12-6-4-11(2)5-7-12/h8-12,16H,3-7H2,1-2H3. The highest BCUT2D eigenvalue weighted by atomic mass is 79.9. The van der Waals surface area contributed by atoms with Crippen molar-refractivity contribution in [2.45, 2.75) is 44.9 Å². The fourth-order valence-electron chi connectivity index (χ4n) is 2.81. The summed E-state index contributed by atoms with van der Waals surface area (Å²) in [4.78, 5) is 0. The molecule has 0 saturated heterocycles. The summed E-state index contributed by atoms with van der Waals surface area (Å²) in [7, 11) is 0. The van der Waals surface area contributed by atoms with E-state index in [0.29, 0.717) is 12.5 Å². The summed E-state index contributed by atoms with van der Waals surface area (Å²) in [5.74, 6) is 2.38. The van der Waals surface area contributed by atoms with Crippen molar-refractivity contribution in [1.82, 2.24) is 0 Å². The van der Waals surface area contributed by atoms with Crippen LogP contribution in [0.4, 0.5) is 0 Å². The number of halogens is 2. The molecule has 106 valence electrons. The molecule has 1 fully saturated rings. The van der Waals surface area contributed by atoms with E-state index >= 15 is 0 Å². The molecule has 0 N–H and O–H groups in total. The normalized spacial score (nSPS) is 25.1. The third-order valence-electron chi connectivity index (χ3n) is 4.05. The Morgan fingerprint density at radius 1 is 1.32 bits per heavy atom. The van der Waals surface area contributed by atoms with Crippen LogP contribution in [-0.2, 0) is 0 Å². The lowest BCUT2D eigenvalue weighted by molar-refractivity contribution is 0.283. The van der Waals surface area contributed by atoms with Gasteiger partial charge in [-0.25, -0.2) is 0 Å². The van der Waals surface area contributed by atoms with Gasteiger partial charge in [-0.05, 0) is 65.2 Å². The molecule has 1 aromatic rings. The SMILES string of the molecule is CCOc1ccc(C(Cl)C2CCC(C)CC2)cc1Br. The molecule has 0 aromatic heterocycles. The summed E-state index contributed by atoms with van der Waals surface area (Å²) in [6.07, 6.45) is 5.12. The molecule has 1 saturated carbocycles. The molecule has 0 heterocycles. The van der Waals surface area contributed by atoms with Gasteiger partial charge in [0.25, 0.3) is 0 Å². The second kappa shape index (κ2) is 6.99. The molecule has 0 radical (unpaired) electrons. The lowest BCUT2D eigenvalue weighted by Gasteiger charge is -2.29. The van der Waals surface area contributed by atoms with Crippen LogP contribution in [0.15, 0.2) is 22.7 Å². The molecule has 0 amide bonds.